The van der Waals surface area contributed by atoms with Crippen LogP contribution in [-0.4, -0.2) is 33.6 Å². The lowest BCUT2D eigenvalue weighted by molar-refractivity contribution is -0.131. The summed E-state index contributed by atoms with van der Waals surface area (Å²) in [5.41, 5.74) is 0.828. The topological polar surface area (TPSA) is 57.8 Å². The second kappa shape index (κ2) is 4.89. The lowest BCUT2D eigenvalue weighted by Crippen LogP contribution is -2.27. The summed E-state index contributed by atoms with van der Waals surface area (Å²) in [6, 6.07) is 0. The summed E-state index contributed by atoms with van der Waals surface area (Å²) < 4.78 is 1.93. The molecule has 0 spiro atoms. The molecule has 0 bridgehead atoms. The highest BCUT2D eigenvalue weighted by Crippen LogP contribution is 2.26. The molecule has 0 radical (unpaired) electrons. The van der Waals surface area contributed by atoms with Crippen molar-refractivity contribution in [3.8, 4) is 0 Å². The Hall–Kier alpha value is -2.08. The van der Waals surface area contributed by atoms with E-state index in [1.807, 2.05) is 16.0 Å². The molecule has 5 nitrogen and oxygen atoms in total. The summed E-state index contributed by atoms with van der Waals surface area (Å²) in [5.74, 6) is -0.0941. The maximum Gasteiger partial charge on any atom is 0.328 e. The number of aromatic nitrogens is 2. The van der Waals surface area contributed by atoms with Crippen LogP contribution in [0.5, 0.6) is 0 Å². The molecule has 2 aromatic heterocycles. The molecule has 98 valence electrons. The average molecular weight is 275 g/mol. The van der Waals surface area contributed by atoms with Gasteiger partial charge in [-0.15, -0.1) is 11.3 Å². The lowest BCUT2D eigenvalue weighted by atomic mass is 10.2. The Labute approximate surface area is 114 Å². The van der Waals surface area contributed by atoms with E-state index in [0.29, 0.717) is 0 Å². The average Bonchev–Trinajstić information content (AvgIpc) is 2.98. The van der Waals surface area contributed by atoms with Gasteiger partial charge in [0, 0.05) is 30.7 Å². The zero-order chi connectivity index (χ0) is 13.2. The van der Waals surface area contributed by atoms with Crippen LogP contribution in [0.15, 0.2) is 29.8 Å². The summed E-state index contributed by atoms with van der Waals surface area (Å²) >= 11 is 1.55. The quantitative estimate of drug-likeness (QED) is 0.689. The van der Waals surface area contributed by atoms with Gasteiger partial charge in [-0.3, -0.25) is 4.40 Å². The van der Waals surface area contributed by atoms with E-state index in [0.717, 1.165) is 42.1 Å². The van der Waals surface area contributed by atoms with Crippen LogP contribution < -0.4 is 4.90 Å². The summed E-state index contributed by atoms with van der Waals surface area (Å²) in [6.07, 6.45) is 9.95. The van der Waals surface area contributed by atoms with Gasteiger partial charge in [0.05, 0.1) is 5.69 Å². The molecule has 0 amide bonds. The minimum absolute atomic E-state index is 0.818. The van der Waals surface area contributed by atoms with Crippen molar-refractivity contribution in [3.63, 3.8) is 0 Å². The molecular formula is C13H13N3O2S. The Morgan fingerprint density at radius 1 is 1.47 bits per heavy atom. The molecular weight excluding hydrogens is 262 g/mol. The molecule has 0 aliphatic carbocycles. The molecule has 0 unspecified atom stereocenters. The first-order chi connectivity index (χ1) is 9.25. The third-order valence-corrected chi connectivity index (χ3v) is 3.78. The minimum atomic E-state index is -0.949. The van der Waals surface area contributed by atoms with Crippen LogP contribution in [-0.2, 0) is 4.79 Å². The zero-order valence-electron chi connectivity index (χ0n) is 10.2. The van der Waals surface area contributed by atoms with Crippen molar-refractivity contribution in [2.45, 2.75) is 6.42 Å². The molecule has 3 rings (SSSR count). The summed E-state index contributed by atoms with van der Waals surface area (Å²) in [7, 11) is 0. The summed E-state index contributed by atoms with van der Waals surface area (Å²) in [6.45, 7) is 1.73. The van der Waals surface area contributed by atoms with Gasteiger partial charge < -0.3 is 10.0 Å². The van der Waals surface area contributed by atoms with Crippen molar-refractivity contribution in [1.82, 2.24) is 9.38 Å². The maximum absolute atomic E-state index is 10.7. The van der Waals surface area contributed by atoms with Crippen LogP contribution in [0, 0.1) is 0 Å². The normalized spacial score (nSPS) is 15.7. The van der Waals surface area contributed by atoms with Crippen LogP contribution in [0.1, 0.15) is 12.1 Å². The van der Waals surface area contributed by atoms with E-state index in [2.05, 4.69) is 22.0 Å². The first kappa shape index (κ1) is 12.0. The Morgan fingerprint density at radius 3 is 3.11 bits per heavy atom. The van der Waals surface area contributed by atoms with Crippen LogP contribution in [0.4, 0.5) is 5.82 Å². The van der Waals surface area contributed by atoms with E-state index in [9.17, 15) is 4.79 Å². The highest BCUT2D eigenvalue weighted by atomic mass is 32.1. The van der Waals surface area contributed by atoms with Gasteiger partial charge in [0.1, 0.15) is 0 Å². The first-order valence-electron chi connectivity index (χ1n) is 6.02. The molecule has 0 aromatic carbocycles. The molecule has 1 aliphatic rings. The number of thiazole rings is 1. The van der Waals surface area contributed by atoms with Gasteiger partial charge in [0.2, 0.25) is 0 Å². The van der Waals surface area contributed by atoms with E-state index in [1.54, 1.807) is 17.4 Å². The molecule has 1 N–H and O–H groups in total. The molecule has 19 heavy (non-hydrogen) atoms. The fourth-order valence-electron chi connectivity index (χ4n) is 2.16. The van der Waals surface area contributed by atoms with Crippen LogP contribution in [0.2, 0.25) is 0 Å². The molecule has 0 saturated heterocycles. The van der Waals surface area contributed by atoms with E-state index in [4.69, 9.17) is 5.11 Å². The predicted molar refractivity (Wildman–Crippen MR) is 75.7 cm³/mol. The third kappa shape index (κ3) is 2.26. The van der Waals surface area contributed by atoms with Crippen molar-refractivity contribution in [3.05, 3.63) is 35.5 Å². The number of carboxylic acid groups (broad SMARTS) is 1. The Balaban J connectivity index is 2.06. The number of anilines is 1. The largest absolute Gasteiger partial charge is 0.478 e. The number of hydrogen-bond donors (Lipinski definition) is 1. The number of aliphatic carboxylic acids is 1. The molecule has 3 heterocycles. The second-order valence-electron chi connectivity index (χ2n) is 4.25. The van der Waals surface area contributed by atoms with Gasteiger partial charge in [-0.05, 0) is 12.5 Å². The van der Waals surface area contributed by atoms with Gasteiger partial charge >= 0.3 is 5.97 Å². The van der Waals surface area contributed by atoms with Gasteiger partial charge in [-0.1, -0.05) is 12.2 Å². The smallest absolute Gasteiger partial charge is 0.328 e. The van der Waals surface area contributed by atoms with Crippen molar-refractivity contribution >= 4 is 34.2 Å². The highest BCUT2D eigenvalue weighted by Gasteiger charge is 2.17. The first-order valence-corrected chi connectivity index (χ1v) is 6.90. The van der Waals surface area contributed by atoms with Gasteiger partial charge in [-0.2, -0.15) is 0 Å². The van der Waals surface area contributed by atoms with Crippen molar-refractivity contribution in [1.29, 1.82) is 0 Å². The zero-order valence-corrected chi connectivity index (χ0v) is 11.0. The van der Waals surface area contributed by atoms with Gasteiger partial charge in [0.25, 0.3) is 0 Å². The number of imidazole rings is 1. The lowest BCUT2D eigenvalue weighted by Gasteiger charge is -2.23. The highest BCUT2D eigenvalue weighted by molar-refractivity contribution is 7.15. The Kier molecular flexibility index (Phi) is 3.08. The second-order valence-corrected chi connectivity index (χ2v) is 5.13. The number of rotatable bonds is 3. The van der Waals surface area contributed by atoms with E-state index >= 15 is 0 Å². The standard InChI is InChI=1S/C13H13N3O2S/c17-11(18)5-4-10-12(15-6-2-1-3-7-15)14-13-16(10)8-9-19-13/h1-2,4-5,8-9H,3,6-7H2,(H,17,18)/b5-4+. The number of hydrogen-bond acceptors (Lipinski definition) is 4. The van der Waals surface area contributed by atoms with Crippen LogP contribution >= 0.6 is 11.3 Å². The monoisotopic (exact) mass is 275 g/mol. The Bertz CT molecular complexity index is 669. The SMILES string of the molecule is O=C(O)/C=C/c1c(N2CC=CCC2)nc2sccn12. The maximum atomic E-state index is 10.7. The van der Waals surface area contributed by atoms with Gasteiger partial charge in [-0.25, -0.2) is 9.78 Å². The van der Waals surface area contributed by atoms with E-state index in [-0.39, 0.29) is 0 Å². The number of nitrogens with zero attached hydrogens (tertiary/aromatic N) is 3. The van der Waals surface area contributed by atoms with E-state index in [1.165, 1.54) is 0 Å². The van der Waals surface area contributed by atoms with Crippen molar-refractivity contribution in [2.75, 3.05) is 18.0 Å². The molecule has 0 saturated carbocycles. The van der Waals surface area contributed by atoms with Crippen LogP contribution in [0.25, 0.3) is 11.0 Å². The predicted octanol–water partition coefficient (Wildman–Crippen LogP) is 2.26. The Morgan fingerprint density at radius 2 is 2.37 bits per heavy atom. The summed E-state index contributed by atoms with van der Waals surface area (Å²) in [5, 5.41) is 10.7. The molecule has 0 atom stereocenters. The van der Waals surface area contributed by atoms with Gasteiger partial charge in [0.15, 0.2) is 10.8 Å². The van der Waals surface area contributed by atoms with Crippen molar-refractivity contribution < 1.29 is 9.90 Å². The van der Waals surface area contributed by atoms with Crippen LogP contribution in [0.3, 0.4) is 0 Å². The minimum Gasteiger partial charge on any atom is -0.478 e. The number of carbonyl (C=O) groups is 1. The number of fused-ring (bicyclic) bond motifs is 1. The third-order valence-electron chi connectivity index (χ3n) is 3.02. The molecule has 1 aliphatic heterocycles. The number of carboxylic acids is 1. The fraction of sp³-hybridized carbons (Fsp3) is 0.231. The van der Waals surface area contributed by atoms with E-state index < -0.39 is 5.97 Å². The molecule has 0 fully saturated rings. The fourth-order valence-corrected chi connectivity index (χ4v) is 2.88. The molecule has 2 aromatic rings. The van der Waals surface area contributed by atoms with Crippen molar-refractivity contribution in [2.24, 2.45) is 0 Å². The molecule has 6 heteroatoms. The summed E-state index contributed by atoms with van der Waals surface area (Å²) in [4.78, 5) is 18.4.